The lowest BCUT2D eigenvalue weighted by atomic mass is 10.2. The van der Waals surface area contributed by atoms with E-state index in [0.29, 0.717) is 34.3 Å². The van der Waals surface area contributed by atoms with Gasteiger partial charge in [0.25, 0.3) is 0 Å². The van der Waals surface area contributed by atoms with Gasteiger partial charge >= 0.3 is 0 Å². The van der Waals surface area contributed by atoms with Crippen LogP contribution in [0.5, 0.6) is 0 Å². The van der Waals surface area contributed by atoms with Gasteiger partial charge < -0.3 is 26.7 Å². The SMILES string of the molecule is COC1=CC(OC)=CC(N=Nc2c(N)ccc(N)c2N)C=C1. The third kappa shape index (κ3) is 3.38. The molecule has 6 N–H and O–H groups in total. The third-order valence-electron chi connectivity index (χ3n) is 3.12. The van der Waals surface area contributed by atoms with Crippen molar-refractivity contribution in [2.45, 2.75) is 6.04 Å². The van der Waals surface area contributed by atoms with E-state index < -0.39 is 0 Å². The van der Waals surface area contributed by atoms with Gasteiger partial charge in [-0.15, -0.1) is 0 Å². The summed E-state index contributed by atoms with van der Waals surface area (Å²) in [5.74, 6) is 1.29. The van der Waals surface area contributed by atoms with Gasteiger partial charge in [-0.25, -0.2) is 0 Å². The third-order valence-corrected chi connectivity index (χ3v) is 3.12. The monoisotopic (exact) mass is 301 g/mol. The molecule has 0 radical (unpaired) electrons. The van der Waals surface area contributed by atoms with Gasteiger partial charge in [0.15, 0.2) is 0 Å². The van der Waals surface area contributed by atoms with Crippen LogP contribution in [0, 0.1) is 0 Å². The molecule has 0 heterocycles. The minimum absolute atomic E-state index is 0.313. The van der Waals surface area contributed by atoms with E-state index in [4.69, 9.17) is 26.7 Å². The van der Waals surface area contributed by atoms with E-state index in [2.05, 4.69) is 10.2 Å². The fourth-order valence-electron chi connectivity index (χ4n) is 1.86. The second-order valence-electron chi connectivity index (χ2n) is 4.60. The molecular weight excluding hydrogens is 282 g/mol. The number of anilines is 3. The van der Waals surface area contributed by atoms with Crippen molar-refractivity contribution in [1.82, 2.24) is 0 Å². The van der Waals surface area contributed by atoms with Crippen LogP contribution in [0.15, 0.2) is 58.2 Å². The van der Waals surface area contributed by atoms with Crippen LogP contribution >= 0.6 is 0 Å². The standard InChI is InChI=1S/C15H19N5O2/c1-21-10-4-3-9(7-11(8-10)22-2)19-20-15-13(17)6-5-12(16)14(15)18/h3-9H,16-18H2,1-2H3. The first-order valence-corrected chi connectivity index (χ1v) is 6.59. The Kier molecular flexibility index (Phi) is 4.67. The molecule has 0 saturated carbocycles. The zero-order valence-electron chi connectivity index (χ0n) is 12.5. The predicted molar refractivity (Wildman–Crippen MR) is 87.3 cm³/mol. The number of hydrogen-bond acceptors (Lipinski definition) is 7. The number of benzene rings is 1. The molecule has 1 atom stereocenters. The molecule has 1 aromatic rings. The molecule has 1 aromatic carbocycles. The molecule has 22 heavy (non-hydrogen) atoms. The van der Waals surface area contributed by atoms with Gasteiger partial charge in [0.1, 0.15) is 23.2 Å². The fourth-order valence-corrected chi connectivity index (χ4v) is 1.86. The molecule has 0 bridgehead atoms. The highest BCUT2D eigenvalue weighted by Gasteiger charge is 2.10. The first-order chi connectivity index (χ1) is 10.5. The van der Waals surface area contributed by atoms with Crippen LogP contribution in [-0.4, -0.2) is 20.3 Å². The number of rotatable bonds is 4. The van der Waals surface area contributed by atoms with E-state index in [1.807, 2.05) is 6.08 Å². The average Bonchev–Trinajstić information content (AvgIpc) is 2.73. The largest absolute Gasteiger partial charge is 0.497 e. The highest BCUT2D eigenvalue weighted by atomic mass is 16.5. The van der Waals surface area contributed by atoms with E-state index in [1.54, 1.807) is 44.6 Å². The molecule has 0 aliphatic heterocycles. The summed E-state index contributed by atoms with van der Waals surface area (Å²) < 4.78 is 10.4. The average molecular weight is 301 g/mol. The Balaban J connectivity index is 2.29. The van der Waals surface area contributed by atoms with Crippen molar-refractivity contribution in [3.8, 4) is 0 Å². The van der Waals surface area contributed by atoms with Gasteiger partial charge in [0.2, 0.25) is 0 Å². The summed E-state index contributed by atoms with van der Waals surface area (Å²) in [7, 11) is 3.16. The molecule has 0 spiro atoms. The second kappa shape index (κ2) is 6.66. The van der Waals surface area contributed by atoms with Crippen LogP contribution in [0.4, 0.5) is 22.7 Å². The minimum Gasteiger partial charge on any atom is -0.497 e. The Morgan fingerprint density at radius 2 is 1.68 bits per heavy atom. The number of methoxy groups -OCH3 is 2. The van der Waals surface area contributed by atoms with Gasteiger partial charge in [-0.2, -0.15) is 10.2 Å². The van der Waals surface area contributed by atoms with Crippen LogP contribution in [0.2, 0.25) is 0 Å². The lowest BCUT2D eigenvalue weighted by Gasteiger charge is -2.07. The summed E-state index contributed by atoms with van der Waals surface area (Å²) in [4.78, 5) is 0. The van der Waals surface area contributed by atoms with Crippen molar-refractivity contribution < 1.29 is 9.47 Å². The van der Waals surface area contributed by atoms with Gasteiger partial charge in [-0.1, -0.05) is 6.08 Å². The fraction of sp³-hybridized carbons (Fsp3) is 0.200. The van der Waals surface area contributed by atoms with Gasteiger partial charge in [-0.3, -0.25) is 0 Å². The summed E-state index contributed by atoms with van der Waals surface area (Å²) >= 11 is 0. The van der Waals surface area contributed by atoms with E-state index >= 15 is 0 Å². The van der Waals surface area contributed by atoms with Gasteiger partial charge in [-0.05, 0) is 24.3 Å². The number of hydrogen-bond donors (Lipinski definition) is 3. The van der Waals surface area contributed by atoms with Crippen LogP contribution in [0.3, 0.4) is 0 Å². The molecule has 0 amide bonds. The minimum atomic E-state index is -0.334. The van der Waals surface area contributed by atoms with E-state index in [9.17, 15) is 0 Å². The van der Waals surface area contributed by atoms with Crippen molar-refractivity contribution >= 4 is 22.7 Å². The van der Waals surface area contributed by atoms with E-state index in [-0.39, 0.29) is 6.04 Å². The molecule has 1 unspecified atom stereocenters. The first-order valence-electron chi connectivity index (χ1n) is 6.59. The van der Waals surface area contributed by atoms with Crippen molar-refractivity contribution in [3.05, 3.63) is 48.0 Å². The van der Waals surface area contributed by atoms with Crippen molar-refractivity contribution in [2.24, 2.45) is 10.2 Å². The van der Waals surface area contributed by atoms with Crippen LogP contribution in [-0.2, 0) is 9.47 Å². The quantitative estimate of drug-likeness (QED) is 0.582. The highest BCUT2D eigenvalue weighted by molar-refractivity contribution is 5.85. The van der Waals surface area contributed by atoms with Gasteiger partial charge in [0, 0.05) is 6.08 Å². The molecule has 7 heteroatoms. The maximum absolute atomic E-state index is 5.88. The molecule has 1 aliphatic carbocycles. The van der Waals surface area contributed by atoms with Crippen molar-refractivity contribution in [3.63, 3.8) is 0 Å². The Bertz CT molecular complexity index is 677. The molecule has 0 fully saturated rings. The summed E-state index contributed by atoms with van der Waals surface area (Å²) in [5, 5.41) is 8.35. The zero-order valence-corrected chi connectivity index (χ0v) is 12.5. The number of nitrogens with zero attached hydrogens (tertiary/aromatic N) is 2. The molecule has 2 rings (SSSR count). The lowest BCUT2D eigenvalue weighted by Crippen LogP contribution is -1.99. The zero-order chi connectivity index (χ0) is 16.1. The molecule has 1 aliphatic rings. The number of nitrogen functional groups attached to an aromatic ring is 3. The van der Waals surface area contributed by atoms with Crippen LogP contribution in [0.1, 0.15) is 0 Å². The van der Waals surface area contributed by atoms with Crippen molar-refractivity contribution in [1.29, 1.82) is 0 Å². The van der Waals surface area contributed by atoms with E-state index in [0.717, 1.165) is 0 Å². The lowest BCUT2D eigenvalue weighted by molar-refractivity contribution is 0.285. The highest BCUT2D eigenvalue weighted by Crippen LogP contribution is 2.34. The van der Waals surface area contributed by atoms with Crippen LogP contribution < -0.4 is 17.2 Å². The Labute approximate surface area is 128 Å². The van der Waals surface area contributed by atoms with Crippen molar-refractivity contribution in [2.75, 3.05) is 31.4 Å². The second-order valence-corrected chi connectivity index (χ2v) is 4.60. The first kappa shape index (κ1) is 15.4. The number of ether oxygens (including phenoxy) is 2. The number of azo groups is 1. The van der Waals surface area contributed by atoms with Gasteiger partial charge in [0.05, 0.1) is 31.3 Å². The summed E-state index contributed by atoms with van der Waals surface area (Å²) in [6.07, 6.45) is 7.17. The Morgan fingerprint density at radius 3 is 2.36 bits per heavy atom. The maximum atomic E-state index is 5.88. The Morgan fingerprint density at radius 1 is 1.00 bits per heavy atom. The summed E-state index contributed by atoms with van der Waals surface area (Å²) in [5.41, 5.74) is 19.0. The normalized spacial score (nSPS) is 17.8. The molecule has 7 nitrogen and oxygen atoms in total. The maximum Gasteiger partial charge on any atom is 0.133 e. The number of nitrogens with two attached hydrogens (primary N) is 3. The smallest absolute Gasteiger partial charge is 0.133 e. The summed E-state index contributed by atoms with van der Waals surface area (Å²) in [6.45, 7) is 0. The predicted octanol–water partition coefficient (Wildman–Crippen LogP) is 2.52. The van der Waals surface area contributed by atoms with Crippen LogP contribution in [0.25, 0.3) is 0 Å². The van der Waals surface area contributed by atoms with E-state index in [1.165, 1.54) is 0 Å². The number of allylic oxidation sites excluding steroid dienone is 2. The Hall–Kier alpha value is -2.96. The summed E-state index contributed by atoms with van der Waals surface area (Å²) in [6, 6.07) is 2.94. The molecule has 0 saturated heterocycles. The topological polar surface area (TPSA) is 121 Å². The molecule has 116 valence electrons. The molecule has 0 aromatic heterocycles. The molecular formula is C15H19N5O2.